The summed E-state index contributed by atoms with van der Waals surface area (Å²) in [5, 5.41) is 21.0. The van der Waals surface area contributed by atoms with E-state index in [0.717, 1.165) is 31.4 Å². The second-order valence-corrected chi connectivity index (χ2v) is 8.16. The average molecular weight is 425 g/mol. The predicted octanol–water partition coefficient (Wildman–Crippen LogP) is 1.58. The molecule has 10 heteroatoms. The highest BCUT2D eigenvalue weighted by atomic mass is 16.6. The van der Waals surface area contributed by atoms with Crippen molar-refractivity contribution in [2.75, 3.05) is 25.4 Å². The van der Waals surface area contributed by atoms with Crippen LogP contribution in [0.4, 0.5) is 5.82 Å². The first-order valence-corrected chi connectivity index (χ1v) is 10.4. The Labute approximate surface area is 180 Å². The fourth-order valence-corrected chi connectivity index (χ4v) is 3.61. The molecule has 1 unspecified atom stereocenters. The van der Waals surface area contributed by atoms with E-state index in [1.54, 1.807) is 13.8 Å². The van der Waals surface area contributed by atoms with Crippen LogP contribution in [-0.2, 0) is 6.54 Å². The first kappa shape index (κ1) is 21.1. The number of nitrogens with one attached hydrogen (secondary N) is 1. The van der Waals surface area contributed by atoms with Gasteiger partial charge in [-0.25, -0.2) is 14.6 Å². The van der Waals surface area contributed by atoms with Gasteiger partial charge in [0, 0.05) is 12.6 Å². The second-order valence-electron chi connectivity index (χ2n) is 8.16. The molecule has 0 aliphatic carbocycles. The van der Waals surface area contributed by atoms with E-state index in [1.165, 1.54) is 0 Å². The number of pyridine rings is 1. The molecule has 3 aromatic rings. The second kappa shape index (κ2) is 8.53. The summed E-state index contributed by atoms with van der Waals surface area (Å²) in [5.74, 6) is 7.52. The van der Waals surface area contributed by atoms with Crippen molar-refractivity contribution in [1.29, 1.82) is 0 Å². The molecule has 4 rings (SSSR count). The Morgan fingerprint density at radius 1 is 1.39 bits per heavy atom. The highest BCUT2D eigenvalue weighted by molar-refractivity contribution is 5.86. The van der Waals surface area contributed by atoms with Gasteiger partial charge in [-0.3, -0.25) is 0 Å². The van der Waals surface area contributed by atoms with Crippen molar-refractivity contribution in [1.82, 2.24) is 30.2 Å². The van der Waals surface area contributed by atoms with Gasteiger partial charge in [-0.15, -0.1) is 0 Å². The van der Waals surface area contributed by atoms with Gasteiger partial charge < -0.3 is 25.5 Å². The maximum atomic E-state index is 10.1. The lowest BCUT2D eigenvalue weighted by Crippen LogP contribution is -2.14. The summed E-state index contributed by atoms with van der Waals surface area (Å²) < 4.78 is 12.7. The van der Waals surface area contributed by atoms with Crippen LogP contribution in [0.15, 0.2) is 10.7 Å². The molecule has 0 radical (unpaired) electrons. The van der Waals surface area contributed by atoms with E-state index >= 15 is 0 Å². The average Bonchev–Trinajstić information content (AvgIpc) is 3.45. The number of aryl methyl sites for hydroxylation is 1. The number of nitrogens with two attached hydrogens (primary N) is 1. The van der Waals surface area contributed by atoms with Gasteiger partial charge in [0.05, 0.1) is 12.1 Å². The number of aromatic nitrogens is 5. The molecular formula is C21H27N7O3. The van der Waals surface area contributed by atoms with Gasteiger partial charge in [0.2, 0.25) is 5.88 Å². The zero-order chi connectivity index (χ0) is 22.0. The molecule has 1 saturated heterocycles. The van der Waals surface area contributed by atoms with Gasteiger partial charge >= 0.3 is 0 Å². The van der Waals surface area contributed by atoms with Crippen LogP contribution in [0, 0.1) is 17.8 Å². The third-order valence-electron chi connectivity index (χ3n) is 5.18. The monoisotopic (exact) mass is 425 g/mol. The van der Waals surface area contributed by atoms with Crippen molar-refractivity contribution in [3.8, 4) is 29.2 Å². The largest absolute Gasteiger partial charge is 0.478 e. The van der Waals surface area contributed by atoms with Crippen molar-refractivity contribution >= 4 is 16.9 Å². The molecule has 0 spiro atoms. The van der Waals surface area contributed by atoms with Crippen LogP contribution in [0.25, 0.3) is 22.6 Å². The number of anilines is 1. The van der Waals surface area contributed by atoms with E-state index in [0.29, 0.717) is 47.7 Å². The number of fused-ring (bicyclic) bond motifs is 1. The topological polar surface area (TPSA) is 137 Å². The van der Waals surface area contributed by atoms with Crippen LogP contribution in [0.2, 0.25) is 0 Å². The molecule has 1 aliphatic rings. The Kier molecular flexibility index (Phi) is 5.80. The van der Waals surface area contributed by atoms with Crippen LogP contribution >= 0.6 is 0 Å². The summed E-state index contributed by atoms with van der Waals surface area (Å²) in [7, 11) is 0. The molecule has 0 saturated carbocycles. The van der Waals surface area contributed by atoms with Gasteiger partial charge in [0.25, 0.3) is 0 Å². The smallest absolute Gasteiger partial charge is 0.216 e. The Bertz CT molecular complexity index is 1130. The molecule has 3 aromatic heterocycles. The van der Waals surface area contributed by atoms with Crippen LogP contribution in [0.3, 0.4) is 0 Å². The van der Waals surface area contributed by atoms with E-state index in [-0.39, 0.29) is 5.82 Å². The summed E-state index contributed by atoms with van der Waals surface area (Å²) in [4.78, 5) is 9.25. The molecule has 1 fully saturated rings. The summed E-state index contributed by atoms with van der Waals surface area (Å²) in [5.41, 5.74) is 6.86. The normalized spacial score (nSPS) is 16.5. The standard InChI is InChI=1S/C21H27N7O3/c1-4-28-15-11-16(30-10-7-13-6-9-23-12-13)24-14(5-8-21(2,3)29)17(15)25-20(28)18-19(22)27-31-26-18/h11,13,23,29H,4,6-7,9-10,12H2,1-3H3,(H2,22,27). The molecule has 1 aliphatic heterocycles. The molecular weight excluding hydrogens is 398 g/mol. The molecule has 0 amide bonds. The van der Waals surface area contributed by atoms with Crippen molar-refractivity contribution in [2.24, 2.45) is 5.92 Å². The number of aliphatic hydroxyl groups is 1. The SMILES string of the molecule is CCn1c(-c2nonc2N)nc2c(C#CC(C)(C)O)nc(OCCC3CCNC3)cc21. The summed E-state index contributed by atoms with van der Waals surface area (Å²) in [6, 6.07) is 1.85. The predicted molar refractivity (Wildman–Crippen MR) is 115 cm³/mol. The third kappa shape index (κ3) is 4.62. The molecule has 31 heavy (non-hydrogen) atoms. The van der Waals surface area contributed by atoms with E-state index in [2.05, 4.69) is 37.4 Å². The minimum atomic E-state index is -1.17. The fraction of sp³-hybridized carbons (Fsp3) is 0.524. The number of nitrogens with zero attached hydrogens (tertiary/aromatic N) is 5. The van der Waals surface area contributed by atoms with Gasteiger partial charge in [-0.1, -0.05) is 5.92 Å². The maximum absolute atomic E-state index is 10.1. The lowest BCUT2D eigenvalue weighted by atomic mass is 10.1. The number of ether oxygens (including phenoxy) is 1. The summed E-state index contributed by atoms with van der Waals surface area (Å²) in [6.45, 7) is 8.48. The molecule has 0 bridgehead atoms. The van der Waals surface area contributed by atoms with E-state index in [9.17, 15) is 5.11 Å². The lowest BCUT2D eigenvalue weighted by Gasteiger charge is -2.11. The van der Waals surface area contributed by atoms with Gasteiger partial charge in [0.1, 0.15) is 16.8 Å². The number of hydrogen-bond acceptors (Lipinski definition) is 9. The van der Waals surface area contributed by atoms with E-state index in [4.69, 9.17) is 15.1 Å². The number of hydrogen-bond donors (Lipinski definition) is 3. The highest BCUT2D eigenvalue weighted by Gasteiger charge is 2.22. The zero-order valence-electron chi connectivity index (χ0n) is 18.0. The van der Waals surface area contributed by atoms with E-state index in [1.807, 2.05) is 17.6 Å². The Hall–Kier alpha value is -3.16. The molecule has 1 atom stereocenters. The zero-order valence-corrected chi connectivity index (χ0v) is 18.0. The summed E-state index contributed by atoms with van der Waals surface area (Å²) in [6.07, 6.45) is 2.12. The van der Waals surface area contributed by atoms with Crippen molar-refractivity contribution < 1.29 is 14.5 Å². The number of nitrogen functional groups attached to an aromatic ring is 1. The molecule has 0 aromatic carbocycles. The summed E-state index contributed by atoms with van der Waals surface area (Å²) >= 11 is 0. The Morgan fingerprint density at radius 2 is 2.23 bits per heavy atom. The molecule has 10 nitrogen and oxygen atoms in total. The third-order valence-corrected chi connectivity index (χ3v) is 5.18. The van der Waals surface area contributed by atoms with Crippen molar-refractivity contribution in [3.05, 3.63) is 11.8 Å². The van der Waals surface area contributed by atoms with Crippen LogP contribution in [0.5, 0.6) is 5.88 Å². The van der Waals surface area contributed by atoms with Crippen LogP contribution < -0.4 is 15.8 Å². The van der Waals surface area contributed by atoms with Gasteiger partial charge in [-0.2, -0.15) is 0 Å². The molecule has 4 heterocycles. The first-order chi connectivity index (χ1) is 14.9. The molecule has 164 valence electrons. The molecule has 4 N–H and O–H groups in total. The highest BCUT2D eigenvalue weighted by Crippen LogP contribution is 2.30. The Balaban J connectivity index is 1.76. The minimum absolute atomic E-state index is 0.156. The van der Waals surface area contributed by atoms with Gasteiger partial charge in [0.15, 0.2) is 17.3 Å². The van der Waals surface area contributed by atoms with Crippen molar-refractivity contribution in [3.63, 3.8) is 0 Å². The quantitative estimate of drug-likeness (QED) is 0.503. The first-order valence-electron chi connectivity index (χ1n) is 10.4. The van der Waals surface area contributed by atoms with Crippen LogP contribution in [0.1, 0.15) is 39.3 Å². The fourth-order valence-electron chi connectivity index (χ4n) is 3.61. The number of rotatable bonds is 6. The van der Waals surface area contributed by atoms with Gasteiger partial charge in [-0.05, 0) is 68.9 Å². The Morgan fingerprint density at radius 3 is 2.87 bits per heavy atom. The van der Waals surface area contributed by atoms with Crippen molar-refractivity contribution in [2.45, 2.75) is 45.8 Å². The van der Waals surface area contributed by atoms with Crippen LogP contribution in [-0.4, -0.2) is 55.3 Å². The lowest BCUT2D eigenvalue weighted by molar-refractivity contribution is 0.143. The minimum Gasteiger partial charge on any atom is -0.478 e. The van der Waals surface area contributed by atoms with E-state index < -0.39 is 5.60 Å². The maximum Gasteiger partial charge on any atom is 0.216 e. The number of imidazole rings is 1.